The van der Waals surface area contributed by atoms with Crippen LogP contribution in [0, 0.1) is 11.3 Å². The van der Waals surface area contributed by atoms with Crippen molar-refractivity contribution >= 4 is 45.7 Å². The number of fused-ring (bicyclic) bond motifs is 1. The molecule has 2 fully saturated rings. The van der Waals surface area contributed by atoms with Gasteiger partial charge in [-0.2, -0.15) is 0 Å². The number of nitrogens with zero attached hydrogens (tertiary/aromatic N) is 1. The number of hydrogen-bond donors (Lipinski definition) is 1. The number of aromatic nitrogens is 1. The van der Waals surface area contributed by atoms with E-state index < -0.39 is 0 Å². The molecule has 0 unspecified atom stereocenters. The first kappa shape index (κ1) is 16.2. The van der Waals surface area contributed by atoms with E-state index in [0.29, 0.717) is 21.8 Å². The van der Waals surface area contributed by atoms with Crippen molar-refractivity contribution in [3.63, 3.8) is 0 Å². The highest BCUT2D eigenvalue weighted by Crippen LogP contribution is 2.57. The highest BCUT2D eigenvalue weighted by atomic mass is 35.5. The molecule has 0 bridgehead atoms. The quantitative estimate of drug-likeness (QED) is 0.696. The SMILES string of the molecule is O=C(Nc1c(Cl)ccc2nc(Cl)ccc12)C1(C2CCCCC2)CC1. The molecule has 3 nitrogen and oxygen atoms in total. The average molecular weight is 363 g/mol. The highest BCUT2D eigenvalue weighted by molar-refractivity contribution is 6.36. The van der Waals surface area contributed by atoms with Gasteiger partial charge in [-0.15, -0.1) is 0 Å². The third-order valence-corrected chi connectivity index (χ3v) is 6.18. The molecule has 2 aliphatic rings. The number of hydrogen-bond acceptors (Lipinski definition) is 2. The van der Waals surface area contributed by atoms with Crippen LogP contribution in [-0.4, -0.2) is 10.9 Å². The monoisotopic (exact) mass is 362 g/mol. The molecule has 0 saturated heterocycles. The van der Waals surface area contributed by atoms with Crippen molar-refractivity contribution in [2.24, 2.45) is 11.3 Å². The van der Waals surface area contributed by atoms with Gasteiger partial charge in [0.15, 0.2) is 0 Å². The molecule has 2 aliphatic carbocycles. The Hall–Kier alpha value is -1.32. The molecule has 0 radical (unpaired) electrons. The summed E-state index contributed by atoms with van der Waals surface area (Å²) in [6.45, 7) is 0. The van der Waals surface area contributed by atoms with Crippen LogP contribution in [0.15, 0.2) is 24.3 Å². The van der Waals surface area contributed by atoms with Crippen molar-refractivity contribution in [3.05, 3.63) is 34.4 Å². The third-order valence-electron chi connectivity index (χ3n) is 5.65. The highest BCUT2D eigenvalue weighted by Gasteiger charge is 2.55. The van der Waals surface area contributed by atoms with E-state index in [1.807, 2.05) is 12.1 Å². The standard InChI is InChI=1S/C19H20Cl2N2O/c20-14-7-8-15-13(6-9-16(21)22-15)17(14)23-18(24)19(10-11-19)12-4-2-1-3-5-12/h6-9,12H,1-5,10-11H2,(H,23,24). The lowest BCUT2D eigenvalue weighted by molar-refractivity contribution is -0.123. The fourth-order valence-electron chi connectivity index (χ4n) is 4.13. The zero-order chi connectivity index (χ0) is 16.7. The van der Waals surface area contributed by atoms with Gasteiger partial charge in [-0.3, -0.25) is 4.79 Å². The Morgan fingerprint density at radius 3 is 2.54 bits per heavy atom. The van der Waals surface area contributed by atoms with Gasteiger partial charge in [0.2, 0.25) is 5.91 Å². The van der Waals surface area contributed by atoms with Gasteiger partial charge >= 0.3 is 0 Å². The number of carbonyl (C=O) groups is 1. The van der Waals surface area contributed by atoms with Crippen molar-refractivity contribution in [1.29, 1.82) is 0 Å². The van der Waals surface area contributed by atoms with E-state index in [4.69, 9.17) is 23.2 Å². The lowest BCUT2D eigenvalue weighted by atomic mass is 9.77. The van der Waals surface area contributed by atoms with E-state index in [1.165, 1.54) is 32.1 Å². The van der Waals surface area contributed by atoms with Crippen LogP contribution in [0.25, 0.3) is 10.9 Å². The minimum Gasteiger partial charge on any atom is -0.324 e. The van der Waals surface area contributed by atoms with Crippen LogP contribution in [0.1, 0.15) is 44.9 Å². The van der Waals surface area contributed by atoms with Crippen molar-refractivity contribution < 1.29 is 4.79 Å². The first-order valence-corrected chi connectivity index (χ1v) is 9.42. The summed E-state index contributed by atoms with van der Waals surface area (Å²) in [5, 5.41) is 4.93. The summed E-state index contributed by atoms with van der Waals surface area (Å²) in [4.78, 5) is 17.4. The van der Waals surface area contributed by atoms with E-state index in [-0.39, 0.29) is 11.3 Å². The van der Waals surface area contributed by atoms with Gasteiger partial charge in [-0.25, -0.2) is 4.98 Å². The molecule has 1 heterocycles. The van der Waals surface area contributed by atoms with Crippen LogP contribution in [0.2, 0.25) is 10.2 Å². The Kier molecular flexibility index (Phi) is 4.17. The van der Waals surface area contributed by atoms with Crippen molar-refractivity contribution in [2.45, 2.75) is 44.9 Å². The maximum Gasteiger partial charge on any atom is 0.230 e. The van der Waals surface area contributed by atoms with E-state index in [1.54, 1.807) is 12.1 Å². The van der Waals surface area contributed by atoms with Crippen LogP contribution in [0.3, 0.4) is 0 Å². The Bertz CT molecular complexity index is 795. The fourth-order valence-corrected chi connectivity index (χ4v) is 4.49. The normalized spacial score (nSPS) is 20.1. The molecular weight excluding hydrogens is 343 g/mol. The lowest BCUT2D eigenvalue weighted by Crippen LogP contribution is -2.32. The second kappa shape index (κ2) is 6.20. The van der Waals surface area contributed by atoms with Gasteiger partial charge in [0.25, 0.3) is 0 Å². The van der Waals surface area contributed by atoms with E-state index in [9.17, 15) is 4.79 Å². The molecule has 0 atom stereocenters. The van der Waals surface area contributed by atoms with Crippen molar-refractivity contribution in [3.8, 4) is 0 Å². The number of nitrogens with one attached hydrogen (secondary N) is 1. The predicted octanol–water partition coefficient (Wildman–Crippen LogP) is 5.84. The fraction of sp³-hybridized carbons (Fsp3) is 0.474. The summed E-state index contributed by atoms with van der Waals surface area (Å²) >= 11 is 12.3. The Morgan fingerprint density at radius 2 is 1.83 bits per heavy atom. The second-order valence-electron chi connectivity index (χ2n) is 7.07. The smallest absolute Gasteiger partial charge is 0.230 e. The average Bonchev–Trinajstić information content (AvgIpc) is 3.40. The minimum absolute atomic E-state index is 0.124. The number of halogens is 2. The molecule has 1 aromatic heterocycles. The van der Waals surface area contributed by atoms with Gasteiger partial charge in [0.05, 0.1) is 21.6 Å². The maximum absolute atomic E-state index is 13.0. The number of carbonyl (C=O) groups excluding carboxylic acids is 1. The molecule has 0 aliphatic heterocycles. The maximum atomic E-state index is 13.0. The number of amides is 1. The molecule has 1 amide bonds. The number of anilines is 1. The Morgan fingerprint density at radius 1 is 1.08 bits per heavy atom. The zero-order valence-corrected chi connectivity index (χ0v) is 15.0. The summed E-state index contributed by atoms with van der Waals surface area (Å²) in [7, 11) is 0. The predicted molar refractivity (Wildman–Crippen MR) is 98.6 cm³/mol. The van der Waals surface area contributed by atoms with Gasteiger partial charge in [-0.1, -0.05) is 42.5 Å². The van der Waals surface area contributed by atoms with Crippen LogP contribution in [-0.2, 0) is 4.79 Å². The number of benzene rings is 1. The van der Waals surface area contributed by atoms with Crippen LogP contribution >= 0.6 is 23.2 Å². The van der Waals surface area contributed by atoms with Crippen molar-refractivity contribution in [1.82, 2.24) is 4.98 Å². The molecule has 0 spiro atoms. The van der Waals surface area contributed by atoms with Crippen molar-refractivity contribution in [2.75, 3.05) is 5.32 Å². The topological polar surface area (TPSA) is 42.0 Å². The summed E-state index contributed by atoms with van der Waals surface area (Å²) < 4.78 is 0. The van der Waals surface area contributed by atoms with Crippen LogP contribution in [0.5, 0.6) is 0 Å². The Labute approximate surface area is 151 Å². The van der Waals surface area contributed by atoms with Gasteiger partial charge in [-0.05, 0) is 55.9 Å². The van der Waals surface area contributed by atoms with E-state index >= 15 is 0 Å². The van der Waals surface area contributed by atoms with Crippen LogP contribution < -0.4 is 5.32 Å². The molecule has 4 rings (SSSR count). The second-order valence-corrected chi connectivity index (χ2v) is 7.86. The molecule has 2 aromatic rings. The summed E-state index contributed by atoms with van der Waals surface area (Å²) in [6, 6.07) is 7.19. The Balaban J connectivity index is 1.64. The molecule has 5 heteroatoms. The summed E-state index contributed by atoms with van der Waals surface area (Å²) in [5.74, 6) is 0.645. The summed E-state index contributed by atoms with van der Waals surface area (Å²) in [5.41, 5.74) is 1.22. The third kappa shape index (κ3) is 2.78. The largest absolute Gasteiger partial charge is 0.324 e. The first-order valence-electron chi connectivity index (χ1n) is 8.66. The molecule has 1 N–H and O–H groups in total. The molecular formula is C19H20Cl2N2O. The first-order chi connectivity index (χ1) is 11.6. The molecule has 24 heavy (non-hydrogen) atoms. The van der Waals surface area contributed by atoms with E-state index in [2.05, 4.69) is 10.3 Å². The zero-order valence-electron chi connectivity index (χ0n) is 13.4. The van der Waals surface area contributed by atoms with Gasteiger partial charge < -0.3 is 5.32 Å². The van der Waals surface area contributed by atoms with Gasteiger partial charge in [0.1, 0.15) is 5.15 Å². The molecule has 2 saturated carbocycles. The van der Waals surface area contributed by atoms with Gasteiger partial charge in [0, 0.05) is 5.39 Å². The van der Waals surface area contributed by atoms with Crippen LogP contribution in [0.4, 0.5) is 5.69 Å². The lowest BCUT2D eigenvalue weighted by Gasteiger charge is -2.29. The van der Waals surface area contributed by atoms with E-state index in [0.717, 1.165) is 23.7 Å². The summed E-state index contributed by atoms with van der Waals surface area (Å²) in [6.07, 6.45) is 8.14. The molecule has 126 valence electrons. The number of rotatable bonds is 3. The number of pyridine rings is 1. The molecule has 1 aromatic carbocycles. The minimum atomic E-state index is -0.175.